The van der Waals surface area contributed by atoms with E-state index in [0.29, 0.717) is 11.4 Å². The molecule has 2 N–H and O–H groups in total. The first-order chi connectivity index (χ1) is 12.0. The van der Waals surface area contributed by atoms with Gasteiger partial charge in [0.25, 0.3) is 5.91 Å². The topological polar surface area (TPSA) is 82.5 Å². The Kier molecular flexibility index (Phi) is 5.84. The third-order valence-corrected chi connectivity index (χ3v) is 6.72. The van der Waals surface area contributed by atoms with E-state index in [0.717, 1.165) is 63.2 Å². The van der Waals surface area contributed by atoms with E-state index >= 15 is 0 Å². The fourth-order valence-corrected chi connectivity index (χ4v) is 5.12. The number of nitrogens with zero attached hydrogens (tertiary/aromatic N) is 2. The maximum absolute atomic E-state index is 12.6. The van der Waals surface area contributed by atoms with Crippen LogP contribution in [0.2, 0.25) is 5.15 Å². The van der Waals surface area contributed by atoms with Crippen molar-refractivity contribution in [1.29, 1.82) is 0 Å². The van der Waals surface area contributed by atoms with Crippen molar-refractivity contribution in [2.75, 3.05) is 24.5 Å². The van der Waals surface area contributed by atoms with Crippen LogP contribution in [0.1, 0.15) is 61.0 Å². The standard InChI is InChI=1S/C17H24ClN3O3S/c18-14-13(25-16(20-14)21-8-4-5-9-21)15(24)19-11-17(10-12(22)23)6-2-1-3-7-17/h1-11H2,(H,19,24)(H,22,23). The molecular weight excluding hydrogens is 362 g/mol. The molecule has 1 amide bonds. The van der Waals surface area contributed by atoms with Gasteiger partial charge in [-0.05, 0) is 31.1 Å². The highest BCUT2D eigenvalue weighted by Crippen LogP contribution is 2.39. The SMILES string of the molecule is O=C(O)CC1(CNC(=O)c2sc(N3CCCC3)nc2Cl)CCCCC1. The summed E-state index contributed by atoms with van der Waals surface area (Å²) in [5.74, 6) is -1.05. The van der Waals surface area contributed by atoms with Gasteiger partial charge >= 0.3 is 5.97 Å². The Morgan fingerprint density at radius 1 is 1.20 bits per heavy atom. The molecule has 1 saturated heterocycles. The van der Waals surface area contributed by atoms with E-state index in [1.807, 2.05) is 0 Å². The fraction of sp³-hybridized carbons (Fsp3) is 0.706. The first-order valence-corrected chi connectivity index (χ1v) is 10.1. The van der Waals surface area contributed by atoms with Crippen LogP contribution in [-0.4, -0.2) is 41.6 Å². The van der Waals surface area contributed by atoms with Crippen LogP contribution in [0.5, 0.6) is 0 Å². The van der Waals surface area contributed by atoms with E-state index in [2.05, 4.69) is 15.2 Å². The molecule has 1 aliphatic carbocycles. The highest BCUT2D eigenvalue weighted by Gasteiger charge is 2.35. The van der Waals surface area contributed by atoms with Crippen LogP contribution in [0, 0.1) is 5.41 Å². The lowest BCUT2D eigenvalue weighted by Crippen LogP contribution is -2.40. The molecule has 0 radical (unpaired) electrons. The number of nitrogens with one attached hydrogen (secondary N) is 1. The smallest absolute Gasteiger partial charge is 0.303 e. The minimum atomic E-state index is -0.803. The molecule has 2 aliphatic rings. The van der Waals surface area contributed by atoms with Crippen molar-refractivity contribution in [3.05, 3.63) is 10.0 Å². The molecule has 2 fully saturated rings. The van der Waals surface area contributed by atoms with Crippen LogP contribution < -0.4 is 10.2 Å². The summed E-state index contributed by atoms with van der Waals surface area (Å²) in [6.07, 6.45) is 7.22. The zero-order valence-corrected chi connectivity index (χ0v) is 15.8. The van der Waals surface area contributed by atoms with E-state index in [4.69, 9.17) is 11.6 Å². The zero-order valence-electron chi connectivity index (χ0n) is 14.2. The van der Waals surface area contributed by atoms with Crippen molar-refractivity contribution in [1.82, 2.24) is 10.3 Å². The van der Waals surface area contributed by atoms with E-state index < -0.39 is 5.97 Å². The van der Waals surface area contributed by atoms with E-state index in [1.165, 1.54) is 11.3 Å². The van der Waals surface area contributed by atoms with Gasteiger partial charge in [-0.25, -0.2) is 4.98 Å². The van der Waals surface area contributed by atoms with Crippen molar-refractivity contribution in [2.24, 2.45) is 5.41 Å². The van der Waals surface area contributed by atoms with E-state index in [1.54, 1.807) is 0 Å². The minimum absolute atomic E-state index is 0.0999. The Morgan fingerprint density at radius 3 is 2.52 bits per heavy atom. The zero-order chi connectivity index (χ0) is 17.9. The average Bonchev–Trinajstić information content (AvgIpc) is 3.22. The van der Waals surface area contributed by atoms with E-state index in [-0.39, 0.29) is 22.9 Å². The van der Waals surface area contributed by atoms with Gasteiger partial charge in [-0.3, -0.25) is 9.59 Å². The number of carbonyl (C=O) groups excluding carboxylic acids is 1. The molecule has 3 rings (SSSR count). The predicted molar refractivity (Wildman–Crippen MR) is 98.7 cm³/mol. The summed E-state index contributed by atoms with van der Waals surface area (Å²) in [6, 6.07) is 0. The van der Waals surface area contributed by atoms with Gasteiger partial charge in [0.15, 0.2) is 10.3 Å². The number of thiazole rings is 1. The first-order valence-electron chi connectivity index (χ1n) is 8.90. The van der Waals surface area contributed by atoms with Crippen molar-refractivity contribution in [3.63, 3.8) is 0 Å². The number of amides is 1. The normalized spacial score (nSPS) is 19.8. The Hall–Kier alpha value is -1.34. The van der Waals surface area contributed by atoms with Crippen molar-refractivity contribution in [3.8, 4) is 0 Å². The van der Waals surface area contributed by atoms with Crippen LogP contribution in [0.4, 0.5) is 5.13 Å². The second kappa shape index (κ2) is 7.91. The van der Waals surface area contributed by atoms with Crippen molar-refractivity contribution < 1.29 is 14.7 Å². The van der Waals surface area contributed by atoms with Gasteiger partial charge < -0.3 is 15.3 Å². The second-order valence-corrected chi connectivity index (χ2v) is 8.46. The molecule has 1 aromatic heterocycles. The molecule has 1 aliphatic heterocycles. The maximum Gasteiger partial charge on any atom is 0.303 e. The van der Waals surface area contributed by atoms with Crippen LogP contribution in [0.15, 0.2) is 0 Å². The molecule has 2 heterocycles. The van der Waals surface area contributed by atoms with E-state index in [9.17, 15) is 14.7 Å². The number of hydrogen-bond acceptors (Lipinski definition) is 5. The highest BCUT2D eigenvalue weighted by molar-refractivity contribution is 7.18. The summed E-state index contributed by atoms with van der Waals surface area (Å²) in [7, 11) is 0. The third kappa shape index (κ3) is 4.44. The van der Waals surface area contributed by atoms with Crippen molar-refractivity contribution >= 4 is 39.9 Å². The number of carboxylic acid groups (broad SMARTS) is 1. The molecule has 1 saturated carbocycles. The molecule has 138 valence electrons. The number of aliphatic carboxylic acids is 1. The van der Waals surface area contributed by atoms with Gasteiger partial charge in [-0.15, -0.1) is 0 Å². The number of anilines is 1. The van der Waals surface area contributed by atoms with Gasteiger partial charge in [-0.1, -0.05) is 42.2 Å². The number of hydrogen-bond donors (Lipinski definition) is 2. The molecule has 6 nitrogen and oxygen atoms in total. The monoisotopic (exact) mass is 385 g/mol. The Morgan fingerprint density at radius 2 is 1.88 bits per heavy atom. The summed E-state index contributed by atoms with van der Waals surface area (Å²) in [5, 5.41) is 13.2. The van der Waals surface area contributed by atoms with Crippen LogP contribution >= 0.6 is 22.9 Å². The summed E-state index contributed by atoms with van der Waals surface area (Å²) < 4.78 is 0. The summed E-state index contributed by atoms with van der Waals surface area (Å²) in [6.45, 7) is 2.28. The molecule has 25 heavy (non-hydrogen) atoms. The lowest BCUT2D eigenvalue weighted by atomic mass is 9.71. The highest BCUT2D eigenvalue weighted by atomic mass is 35.5. The van der Waals surface area contributed by atoms with Gasteiger partial charge in [0, 0.05) is 19.6 Å². The molecule has 8 heteroatoms. The molecule has 0 unspecified atom stereocenters. The molecule has 1 aromatic rings. The lowest BCUT2D eigenvalue weighted by Gasteiger charge is -2.36. The number of carboxylic acids is 1. The number of carbonyl (C=O) groups is 2. The second-order valence-electron chi connectivity index (χ2n) is 7.12. The van der Waals surface area contributed by atoms with Gasteiger partial charge in [0.05, 0.1) is 6.42 Å². The number of halogens is 1. The summed E-state index contributed by atoms with van der Waals surface area (Å²) >= 11 is 7.50. The minimum Gasteiger partial charge on any atom is -0.481 e. The molecular formula is C17H24ClN3O3S. The Bertz CT molecular complexity index is 637. The van der Waals surface area contributed by atoms with Gasteiger partial charge in [0.2, 0.25) is 0 Å². The number of aromatic nitrogens is 1. The van der Waals surface area contributed by atoms with Crippen LogP contribution in [0.3, 0.4) is 0 Å². The summed E-state index contributed by atoms with van der Waals surface area (Å²) in [5.41, 5.74) is -0.339. The maximum atomic E-state index is 12.6. The van der Waals surface area contributed by atoms with Crippen LogP contribution in [-0.2, 0) is 4.79 Å². The predicted octanol–water partition coefficient (Wildman–Crippen LogP) is 3.55. The third-order valence-electron chi connectivity index (χ3n) is 5.22. The molecule has 0 spiro atoms. The van der Waals surface area contributed by atoms with Crippen LogP contribution in [0.25, 0.3) is 0 Å². The lowest BCUT2D eigenvalue weighted by molar-refractivity contribution is -0.140. The quantitative estimate of drug-likeness (QED) is 0.782. The molecule has 0 bridgehead atoms. The molecule has 0 aromatic carbocycles. The summed E-state index contributed by atoms with van der Waals surface area (Å²) in [4.78, 5) is 30.7. The largest absolute Gasteiger partial charge is 0.481 e. The molecule has 0 atom stereocenters. The Labute approximate surface area is 156 Å². The average molecular weight is 386 g/mol. The fourth-order valence-electron chi connectivity index (χ4n) is 3.86. The first kappa shape index (κ1) is 18.5. The van der Waals surface area contributed by atoms with Gasteiger partial charge in [-0.2, -0.15) is 0 Å². The Balaban J connectivity index is 1.65. The van der Waals surface area contributed by atoms with Gasteiger partial charge in [0.1, 0.15) is 4.88 Å². The number of rotatable bonds is 6. The van der Waals surface area contributed by atoms with Crippen molar-refractivity contribution in [2.45, 2.75) is 51.4 Å².